The van der Waals surface area contributed by atoms with Gasteiger partial charge >= 0.3 is 0 Å². The molecule has 2 aliphatic rings. The van der Waals surface area contributed by atoms with E-state index in [0.29, 0.717) is 12.3 Å². The van der Waals surface area contributed by atoms with E-state index in [2.05, 4.69) is 6.07 Å². The molecule has 64 valence electrons. The Morgan fingerprint density at radius 1 is 1.42 bits per heavy atom. The molecule has 0 aromatic heterocycles. The molecule has 12 heavy (non-hydrogen) atoms. The fourth-order valence-electron chi connectivity index (χ4n) is 2.27. The van der Waals surface area contributed by atoms with Crippen molar-refractivity contribution in [1.82, 2.24) is 0 Å². The average Bonchev–Trinajstić information content (AvgIpc) is 2.89. The Bertz CT molecular complexity index is 249. The van der Waals surface area contributed by atoms with Gasteiger partial charge < -0.3 is 0 Å². The summed E-state index contributed by atoms with van der Waals surface area (Å²) in [5.74, 6) is 0.633. The van der Waals surface area contributed by atoms with Crippen molar-refractivity contribution in [3.05, 3.63) is 0 Å². The second kappa shape index (κ2) is 2.58. The van der Waals surface area contributed by atoms with Crippen LogP contribution in [-0.2, 0) is 4.79 Å². The summed E-state index contributed by atoms with van der Waals surface area (Å²) >= 11 is 0. The Morgan fingerprint density at radius 2 is 2.17 bits per heavy atom. The fourth-order valence-corrected chi connectivity index (χ4v) is 2.27. The van der Waals surface area contributed by atoms with E-state index >= 15 is 0 Å². The molecule has 0 N–H and O–H groups in total. The summed E-state index contributed by atoms with van der Waals surface area (Å²) < 4.78 is 0. The van der Waals surface area contributed by atoms with Crippen molar-refractivity contribution in [2.75, 3.05) is 0 Å². The first-order valence-corrected chi connectivity index (χ1v) is 4.74. The number of carbonyl (C=O) groups excluding carboxylic acids is 1. The molecule has 0 bridgehead atoms. The second-order valence-electron chi connectivity index (χ2n) is 3.99. The Balaban J connectivity index is 2.24. The van der Waals surface area contributed by atoms with E-state index in [1.807, 2.05) is 0 Å². The van der Waals surface area contributed by atoms with E-state index in [1.165, 1.54) is 0 Å². The van der Waals surface area contributed by atoms with E-state index in [0.717, 1.165) is 32.1 Å². The molecule has 2 saturated carbocycles. The molecule has 0 amide bonds. The maximum absolute atomic E-state index is 11.6. The third kappa shape index (κ3) is 0.964. The van der Waals surface area contributed by atoms with Crippen molar-refractivity contribution in [3.8, 4) is 6.07 Å². The lowest BCUT2D eigenvalue weighted by atomic mass is 9.70. The molecule has 0 aromatic rings. The van der Waals surface area contributed by atoms with Crippen LogP contribution in [0.2, 0.25) is 0 Å². The smallest absolute Gasteiger partial charge is 0.153 e. The molecular weight excluding hydrogens is 150 g/mol. The molecule has 0 radical (unpaired) electrons. The van der Waals surface area contributed by atoms with E-state index in [4.69, 9.17) is 5.26 Å². The van der Waals surface area contributed by atoms with Crippen molar-refractivity contribution in [2.45, 2.75) is 38.5 Å². The summed E-state index contributed by atoms with van der Waals surface area (Å²) in [5, 5.41) is 9.05. The molecule has 2 nitrogen and oxygen atoms in total. The van der Waals surface area contributed by atoms with Crippen LogP contribution in [0.4, 0.5) is 0 Å². The zero-order valence-electron chi connectivity index (χ0n) is 7.18. The molecule has 2 fully saturated rings. The fraction of sp³-hybridized carbons (Fsp3) is 0.800. The van der Waals surface area contributed by atoms with Gasteiger partial charge in [-0.2, -0.15) is 5.26 Å². The molecule has 0 aliphatic heterocycles. The second-order valence-corrected chi connectivity index (χ2v) is 3.99. The first-order chi connectivity index (χ1) is 5.79. The van der Waals surface area contributed by atoms with Crippen LogP contribution in [0.3, 0.4) is 0 Å². The highest BCUT2D eigenvalue weighted by atomic mass is 16.1. The quantitative estimate of drug-likeness (QED) is 0.593. The Labute approximate surface area is 72.6 Å². The first-order valence-electron chi connectivity index (χ1n) is 4.74. The number of ketones is 1. The van der Waals surface area contributed by atoms with Crippen LogP contribution in [-0.4, -0.2) is 5.78 Å². The molecule has 1 unspecified atom stereocenters. The lowest BCUT2D eigenvalue weighted by Gasteiger charge is -2.28. The number of nitriles is 1. The highest BCUT2D eigenvalue weighted by Crippen LogP contribution is 2.51. The van der Waals surface area contributed by atoms with Gasteiger partial charge in [-0.1, -0.05) is 6.42 Å². The predicted octanol–water partition coefficient (Wildman–Crippen LogP) is 2.05. The molecule has 1 atom stereocenters. The van der Waals surface area contributed by atoms with Gasteiger partial charge in [-0.05, 0) is 31.6 Å². The largest absolute Gasteiger partial charge is 0.298 e. The summed E-state index contributed by atoms with van der Waals surface area (Å²) in [7, 11) is 0. The van der Waals surface area contributed by atoms with Crippen LogP contribution in [0.5, 0.6) is 0 Å². The Morgan fingerprint density at radius 3 is 2.67 bits per heavy atom. The van der Waals surface area contributed by atoms with Crippen LogP contribution in [0, 0.1) is 22.7 Å². The van der Waals surface area contributed by atoms with Crippen molar-refractivity contribution >= 4 is 5.78 Å². The lowest BCUT2D eigenvalue weighted by Crippen LogP contribution is -2.34. The minimum atomic E-state index is -0.543. The SMILES string of the molecule is N#CC1(C2CC2)CCCCC1=O. The maximum Gasteiger partial charge on any atom is 0.153 e. The van der Waals surface area contributed by atoms with Crippen molar-refractivity contribution in [1.29, 1.82) is 5.26 Å². The zero-order chi connectivity index (χ0) is 8.60. The van der Waals surface area contributed by atoms with Crippen LogP contribution in [0.15, 0.2) is 0 Å². The minimum Gasteiger partial charge on any atom is -0.298 e. The summed E-state index contributed by atoms with van der Waals surface area (Å²) in [5.41, 5.74) is -0.543. The monoisotopic (exact) mass is 163 g/mol. The van der Waals surface area contributed by atoms with Gasteiger partial charge in [0.15, 0.2) is 5.78 Å². The standard InChI is InChI=1S/C10H13NO/c11-7-10(8-4-5-8)6-2-1-3-9(10)12/h8H,1-6H2. The van der Waals surface area contributed by atoms with Gasteiger partial charge in [0.05, 0.1) is 6.07 Å². The van der Waals surface area contributed by atoms with E-state index in [1.54, 1.807) is 0 Å². The number of rotatable bonds is 1. The molecule has 2 heteroatoms. The lowest BCUT2D eigenvalue weighted by molar-refractivity contribution is -0.129. The molecule has 2 rings (SSSR count). The average molecular weight is 163 g/mol. The molecular formula is C10H13NO. The Kier molecular flexibility index (Phi) is 1.68. The molecule has 0 heterocycles. The zero-order valence-corrected chi connectivity index (χ0v) is 7.18. The highest BCUT2D eigenvalue weighted by molar-refractivity contribution is 5.88. The third-order valence-corrected chi connectivity index (χ3v) is 3.20. The minimum absolute atomic E-state index is 0.221. The van der Waals surface area contributed by atoms with Crippen LogP contribution in [0.25, 0.3) is 0 Å². The molecule has 0 spiro atoms. The van der Waals surface area contributed by atoms with Crippen LogP contribution < -0.4 is 0 Å². The van der Waals surface area contributed by atoms with Gasteiger partial charge in [-0.25, -0.2) is 0 Å². The topological polar surface area (TPSA) is 40.9 Å². The van der Waals surface area contributed by atoms with E-state index in [-0.39, 0.29) is 5.78 Å². The van der Waals surface area contributed by atoms with Crippen LogP contribution >= 0.6 is 0 Å². The van der Waals surface area contributed by atoms with E-state index < -0.39 is 5.41 Å². The Hall–Kier alpha value is -0.840. The van der Waals surface area contributed by atoms with Crippen LogP contribution in [0.1, 0.15) is 38.5 Å². The van der Waals surface area contributed by atoms with Crippen molar-refractivity contribution < 1.29 is 4.79 Å². The highest BCUT2D eigenvalue weighted by Gasteiger charge is 2.51. The van der Waals surface area contributed by atoms with Gasteiger partial charge in [0.2, 0.25) is 0 Å². The molecule has 0 aromatic carbocycles. The number of carbonyl (C=O) groups is 1. The van der Waals surface area contributed by atoms with Gasteiger partial charge in [0.1, 0.15) is 5.41 Å². The van der Waals surface area contributed by atoms with Crippen molar-refractivity contribution in [3.63, 3.8) is 0 Å². The van der Waals surface area contributed by atoms with Crippen molar-refractivity contribution in [2.24, 2.45) is 11.3 Å². The molecule has 0 saturated heterocycles. The summed E-state index contributed by atoms with van der Waals surface area (Å²) in [6.45, 7) is 0. The van der Waals surface area contributed by atoms with Gasteiger partial charge in [-0.15, -0.1) is 0 Å². The number of Topliss-reactive ketones (excluding diaryl/α,β-unsaturated/α-hetero) is 1. The van der Waals surface area contributed by atoms with Gasteiger partial charge in [0.25, 0.3) is 0 Å². The third-order valence-electron chi connectivity index (χ3n) is 3.20. The molecule has 2 aliphatic carbocycles. The van der Waals surface area contributed by atoms with E-state index in [9.17, 15) is 4.79 Å². The van der Waals surface area contributed by atoms with Gasteiger partial charge in [0, 0.05) is 6.42 Å². The summed E-state index contributed by atoms with van der Waals surface area (Å²) in [6, 6.07) is 2.28. The maximum atomic E-state index is 11.6. The van der Waals surface area contributed by atoms with Gasteiger partial charge in [-0.3, -0.25) is 4.79 Å². The predicted molar refractivity (Wildman–Crippen MR) is 44.2 cm³/mol. The summed E-state index contributed by atoms with van der Waals surface area (Å²) in [6.07, 6.45) is 5.72. The number of nitrogens with zero attached hydrogens (tertiary/aromatic N) is 1. The normalized spacial score (nSPS) is 36.1. The summed E-state index contributed by atoms with van der Waals surface area (Å²) in [4.78, 5) is 11.6. The number of hydrogen-bond acceptors (Lipinski definition) is 2. The number of hydrogen-bond donors (Lipinski definition) is 0. The first kappa shape index (κ1) is 7.79.